The van der Waals surface area contributed by atoms with Gasteiger partial charge >= 0.3 is 0 Å². The number of hydrogen-bond acceptors (Lipinski definition) is 2. The largest absolute Gasteiger partial charge is 0.297 e. The summed E-state index contributed by atoms with van der Waals surface area (Å²) in [6.45, 7) is 1.65. The van der Waals surface area contributed by atoms with Crippen LogP contribution in [0.5, 0.6) is 0 Å². The van der Waals surface area contributed by atoms with Crippen LogP contribution in [0.25, 0.3) is 0 Å². The Morgan fingerprint density at radius 2 is 2.25 bits per heavy atom. The van der Waals surface area contributed by atoms with Crippen molar-refractivity contribution in [2.24, 2.45) is 5.90 Å². The molecule has 66 valence electrons. The molecule has 0 radical (unpaired) electrons. The van der Waals surface area contributed by atoms with Crippen molar-refractivity contribution in [1.82, 2.24) is 0 Å². The Hall–Kier alpha value is -0.640. The maximum atomic E-state index is 13.2. The number of halogens is 2. The summed E-state index contributed by atoms with van der Waals surface area (Å²) in [5, 5.41) is 0.0800. The van der Waals surface area contributed by atoms with E-state index < -0.39 is 11.9 Å². The van der Waals surface area contributed by atoms with Crippen molar-refractivity contribution < 1.29 is 9.23 Å². The standard InChI is InChI=1S/C8H9ClFNO/c1-5(12-11)6-3-2-4-7(9)8(6)10/h2-5H,11H2,1H3. The van der Waals surface area contributed by atoms with Gasteiger partial charge in [0.15, 0.2) is 0 Å². The lowest BCUT2D eigenvalue weighted by Gasteiger charge is -2.09. The zero-order chi connectivity index (χ0) is 9.14. The minimum absolute atomic E-state index is 0.0800. The van der Waals surface area contributed by atoms with Crippen LogP contribution in [0.3, 0.4) is 0 Å². The van der Waals surface area contributed by atoms with Crippen molar-refractivity contribution in [1.29, 1.82) is 0 Å². The van der Waals surface area contributed by atoms with Crippen molar-refractivity contribution in [3.8, 4) is 0 Å². The average molecular weight is 190 g/mol. The van der Waals surface area contributed by atoms with E-state index in [1.54, 1.807) is 19.1 Å². The molecular formula is C8H9ClFNO. The van der Waals surface area contributed by atoms with Gasteiger partial charge in [0.05, 0.1) is 5.02 Å². The summed E-state index contributed by atoms with van der Waals surface area (Å²) in [7, 11) is 0. The van der Waals surface area contributed by atoms with E-state index in [4.69, 9.17) is 17.5 Å². The van der Waals surface area contributed by atoms with Gasteiger partial charge in [-0.3, -0.25) is 4.84 Å². The molecule has 1 rings (SSSR count). The Morgan fingerprint density at radius 1 is 1.58 bits per heavy atom. The fourth-order valence-electron chi connectivity index (χ4n) is 0.908. The van der Waals surface area contributed by atoms with Gasteiger partial charge in [0, 0.05) is 5.56 Å². The second-order valence-electron chi connectivity index (χ2n) is 2.42. The molecule has 0 fully saturated rings. The lowest BCUT2D eigenvalue weighted by atomic mass is 10.1. The van der Waals surface area contributed by atoms with Gasteiger partial charge in [-0.05, 0) is 13.0 Å². The molecule has 1 atom stereocenters. The predicted octanol–water partition coefficient (Wildman–Crippen LogP) is 2.43. The SMILES string of the molecule is CC(ON)c1cccc(Cl)c1F. The third-order valence-corrected chi connectivity index (χ3v) is 1.92. The minimum atomic E-state index is -0.483. The maximum absolute atomic E-state index is 13.2. The molecule has 1 aromatic carbocycles. The van der Waals surface area contributed by atoms with E-state index in [1.807, 2.05) is 0 Å². The highest BCUT2D eigenvalue weighted by molar-refractivity contribution is 6.30. The zero-order valence-electron chi connectivity index (χ0n) is 6.55. The van der Waals surface area contributed by atoms with Gasteiger partial charge in [-0.1, -0.05) is 23.7 Å². The fourth-order valence-corrected chi connectivity index (χ4v) is 1.09. The zero-order valence-corrected chi connectivity index (χ0v) is 7.31. The van der Waals surface area contributed by atoms with E-state index >= 15 is 0 Å². The first-order chi connectivity index (χ1) is 5.66. The summed E-state index contributed by atoms with van der Waals surface area (Å²) < 4.78 is 13.2. The molecule has 0 aromatic heterocycles. The number of rotatable bonds is 2. The van der Waals surface area contributed by atoms with E-state index in [0.29, 0.717) is 5.56 Å². The second kappa shape index (κ2) is 3.85. The summed E-state index contributed by atoms with van der Waals surface area (Å²) in [6.07, 6.45) is -0.483. The quantitative estimate of drug-likeness (QED) is 0.726. The van der Waals surface area contributed by atoms with Crippen LogP contribution < -0.4 is 5.90 Å². The Bertz CT molecular complexity index is 280. The van der Waals surface area contributed by atoms with Gasteiger partial charge in [0.25, 0.3) is 0 Å². The number of nitrogens with two attached hydrogens (primary N) is 1. The van der Waals surface area contributed by atoms with Crippen LogP contribution in [0.15, 0.2) is 18.2 Å². The molecule has 0 aliphatic carbocycles. The first kappa shape index (κ1) is 9.45. The molecule has 1 aromatic rings. The van der Waals surface area contributed by atoms with Gasteiger partial charge in [0.2, 0.25) is 0 Å². The van der Waals surface area contributed by atoms with E-state index in [1.165, 1.54) is 6.07 Å². The molecule has 0 bridgehead atoms. The van der Waals surface area contributed by atoms with E-state index in [0.717, 1.165) is 0 Å². The van der Waals surface area contributed by atoms with Gasteiger partial charge in [-0.15, -0.1) is 0 Å². The van der Waals surface area contributed by atoms with Crippen LogP contribution in [0, 0.1) is 5.82 Å². The molecule has 1 unspecified atom stereocenters. The smallest absolute Gasteiger partial charge is 0.147 e. The van der Waals surface area contributed by atoms with E-state index in [9.17, 15) is 4.39 Å². The summed E-state index contributed by atoms with van der Waals surface area (Å²) >= 11 is 5.54. The van der Waals surface area contributed by atoms with Gasteiger partial charge < -0.3 is 0 Å². The molecule has 0 saturated heterocycles. The molecule has 0 saturated carbocycles. The molecule has 2 N–H and O–H groups in total. The van der Waals surface area contributed by atoms with Crippen LogP contribution in [-0.2, 0) is 4.84 Å². The van der Waals surface area contributed by atoms with Gasteiger partial charge in [0.1, 0.15) is 11.9 Å². The highest BCUT2D eigenvalue weighted by Gasteiger charge is 2.12. The Balaban J connectivity index is 3.07. The minimum Gasteiger partial charge on any atom is -0.297 e. The lowest BCUT2D eigenvalue weighted by molar-refractivity contribution is 0.0639. The molecule has 0 aliphatic rings. The Labute approximate surface area is 75.0 Å². The number of benzene rings is 1. The van der Waals surface area contributed by atoms with Crippen LogP contribution in [0.4, 0.5) is 4.39 Å². The first-order valence-electron chi connectivity index (χ1n) is 3.46. The highest BCUT2D eigenvalue weighted by Crippen LogP contribution is 2.23. The van der Waals surface area contributed by atoms with Crippen LogP contribution in [0.1, 0.15) is 18.6 Å². The average Bonchev–Trinajstić information content (AvgIpc) is 2.08. The highest BCUT2D eigenvalue weighted by atomic mass is 35.5. The molecular weight excluding hydrogens is 181 g/mol. The van der Waals surface area contributed by atoms with Crippen LogP contribution in [-0.4, -0.2) is 0 Å². The molecule has 4 heteroatoms. The molecule has 2 nitrogen and oxygen atoms in total. The first-order valence-corrected chi connectivity index (χ1v) is 3.84. The molecule has 0 aliphatic heterocycles. The summed E-state index contributed by atoms with van der Waals surface area (Å²) in [6, 6.07) is 4.71. The van der Waals surface area contributed by atoms with Crippen molar-refractivity contribution in [3.05, 3.63) is 34.6 Å². The Morgan fingerprint density at radius 3 is 2.83 bits per heavy atom. The summed E-state index contributed by atoms with van der Waals surface area (Å²) in [5.74, 6) is 4.44. The van der Waals surface area contributed by atoms with Crippen LogP contribution in [0.2, 0.25) is 5.02 Å². The monoisotopic (exact) mass is 189 g/mol. The lowest BCUT2D eigenvalue weighted by Crippen LogP contribution is -2.07. The molecule has 0 amide bonds. The molecule has 0 spiro atoms. The third kappa shape index (κ3) is 1.75. The van der Waals surface area contributed by atoms with Crippen LogP contribution >= 0.6 is 11.6 Å². The fraction of sp³-hybridized carbons (Fsp3) is 0.250. The predicted molar refractivity (Wildman–Crippen MR) is 45.1 cm³/mol. The molecule has 0 heterocycles. The summed E-state index contributed by atoms with van der Waals surface area (Å²) in [4.78, 5) is 4.47. The normalized spacial score (nSPS) is 13.0. The summed E-state index contributed by atoms with van der Waals surface area (Å²) in [5.41, 5.74) is 0.366. The topological polar surface area (TPSA) is 35.2 Å². The second-order valence-corrected chi connectivity index (χ2v) is 2.83. The van der Waals surface area contributed by atoms with E-state index in [-0.39, 0.29) is 5.02 Å². The van der Waals surface area contributed by atoms with Crippen molar-refractivity contribution in [3.63, 3.8) is 0 Å². The Kier molecular flexibility index (Phi) is 3.03. The third-order valence-electron chi connectivity index (χ3n) is 1.62. The van der Waals surface area contributed by atoms with Crippen molar-refractivity contribution in [2.45, 2.75) is 13.0 Å². The van der Waals surface area contributed by atoms with Crippen molar-refractivity contribution >= 4 is 11.6 Å². The molecule has 12 heavy (non-hydrogen) atoms. The van der Waals surface area contributed by atoms with E-state index in [2.05, 4.69) is 4.84 Å². The van der Waals surface area contributed by atoms with Crippen molar-refractivity contribution in [2.75, 3.05) is 0 Å². The number of hydrogen-bond donors (Lipinski definition) is 1. The van der Waals surface area contributed by atoms with Gasteiger partial charge in [-0.25, -0.2) is 10.3 Å². The maximum Gasteiger partial charge on any atom is 0.147 e. The van der Waals surface area contributed by atoms with Gasteiger partial charge in [-0.2, -0.15) is 0 Å².